The normalized spacial score (nSPS) is 13.6. The van der Waals surface area contributed by atoms with Gasteiger partial charge in [-0.15, -0.1) is 0 Å². The number of hydrogen-bond donors (Lipinski definition) is 2. The summed E-state index contributed by atoms with van der Waals surface area (Å²) in [6.07, 6.45) is 0. The van der Waals surface area contributed by atoms with Crippen LogP contribution in [0.25, 0.3) is 22.4 Å². The fourth-order valence-corrected chi connectivity index (χ4v) is 4.42. The van der Waals surface area contributed by atoms with Crippen molar-refractivity contribution < 1.29 is 14.3 Å². The molecule has 178 valence electrons. The molecule has 0 saturated carbocycles. The Morgan fingerprint density at radius 3 is 2.28 bits per heavy atom. The van der Waals surface area contributed by atoms with Crippen molar-refractivity contribution in [3.8, 4) is 11.1 Å². The summed E-state index contributed by atoms with van der Waals surface area (Å²) in [5.41, 5.74) is 8.36. The van der Waals surface area contributed by atoms with Gasteiger partial charge in [0.1, 0.15) is 0 Å². The minimum Gasteiger partial charge on any atom is -0.462 e. The van der Waals surface area contributed by atoms with Crippen LogP contribution in [0.3, 0.4) is 0 Å². The molecule has 4 aromatic rings. The number of fused-ring (bicyclic) bond motifs is 1. The van der Waals surface area contributed by atoms with Crippen molar-refractivity contribution in [2.45, 2.75) is 13.8 Å². The lowest BCUT2D eigenvalue weighted by Crippen LogP contribution is -2.10. The maximum atomic E-state index is 13.3. The highest BCUT2D eigenvalue weighted by Gasteiger charge is 2.29. The Bertz CT molecular complexity index is 1470. The first-order valence-electron chi connectivity index (χ1n) is 11.9. The van der Waals surface area contributed by atoms with Gasteiger partial charge in [-0.3, -0.25) is 4.79 Å². The number of rotatable bonds is 6. The molecule has 0 bridgehead atoms. The number of aryl methyl sites for hydroxylation is 1. The Kier molecular flexibility index (Phi) is 6.37. The molecule has 4 aromatic carbocycles. The maximum Gasteiger partial charge on any atom is 0.338 e. The Morgan fingerprint density at radius 2 is 1.56 bits per heavy atom. The van der Waals surface area contributed by atoms with Gasteiger partial charge in [0.25, 0.3) is 5.91 Å². The number of ether oxygens (including phenoxy) is 1. The molecule has 0 aliphatic carbocycles. The van der Waals surface area contributed by atoms with Crippen LogP contribution in [0, 0.1) is 6.92 Å². The average Bonchev–Trinajstić information content (AvgIpc) is 3.23. The fourth-order valence-electron chi connectivity index (χ4n) is 4.42. The van der Waals surface area contributed by atoms with E-state index in [-0.39, 0.29) is 11.9 Å². The third kappa shape index (κ3) is 4.51. The van der Waals surface area contributed by atoms with Crippen LogP contribution in [-0.4, -0.2) is 18.5 Å². The van der Waals surface area contributed by atoms with Crippen LogP contribution in [-0.2, 0) is 9.53 Å². The molecule has 0 radical (unpaired) electrons. The molecule has 2 N–H and O–H groups in total. The monoisotopic (exact) mass is 474 g/mol. The molecule has 0 spiro atoms. The molecule has 5 nitrogen and oxygen atoms in total. The van der Waals surface area contributed by atoms with E-state index in [1.54, 1.807) is 19.1 Å². The third-order valence-electron chi connectivity index (χ3n) is 6.20. The van der Waals surface area contributed by atoms with E-state index in [0.717, 1.165) is 33.6 Å². The number of benzene rings is 4. The van der Waals surface area contributed by atoms with Crippen LogP contribution in [0.15, 0.2) is 97.1 Å². The average molecular weight is 475 g/mol. The second-order valence-electron chi connectivity index (χ2n) is 8.57. The fraction of sp³-hybridized carbons (Fsp3) is 0.0968. The summed E-state index contributed by atoms with van der Waals surface area (Å²) < 4.78 is 5.08. The van der Waals surface area contributed by atoms with Gasteiger partial charge in [-0.2, -0.15) is 0 Å². The van der Waals surface area contributed by atoms with E-state index in [1.165, 1.54) is 5.56 Å². The Labute approximate surface area is 210 Å². The summed E-state index contributed by atoms with van der Waals surface area (Å²) in [5.74, 6) is -0.527. The van der Waals surface area contributed by atoms with Crippen molar-refractivity contribution in [3.63, 3.8) is 0 Å². The number of carbonyl (C=O) groups is 2. The van der Waals surface area contributed by atoms with Crippen molar-refractivity contribution in [2.24, 2.45) is 0 Å². The molecule has 1 heterocycles. The van der Waals surface area contributed by atoms with Crippen molar-refractivity contribution in [1.82, 2.24) is 0 Å². The second-order valence-corrected chi connectivity index (χ2v) is 8.57. The van der Waals surface area contributed by atoms with Crippen molar-refractivity contribution in [1.29, 1.82) is 0 Å². The van der Waals surface area contributed by atoms with Gasteiger partial charge in [0.15, 0.2) is 0 Å². The molecule has 0 unspecified atom stereocenters. The quantitative estimate of drug-likeness (QED) is 0.239. The number of hydrogen-bond acceptors (Lipinski definition) is 4. The summed E-state index contributed by atoms with van der Waals surface area (Å²) in [4.78, 5) is 25.3. The highest BCUT2D eigenvalue weighted by atomic mass is 16.5. The highest BCUT2D eigenvalue weighted by molar-refractivity contribution is 6.37. The zero-order chi connectivity index (χ0) is 25.1. The van der Waals surface area contributed by atoms with Crippen LogP contribution in [0.1, 0.15) is 34.0 Å². The van der Waals surface area contributed by atoms with E-state index in [2.05, 4.69) is 35.8 Å². The van der Waals surface area contributed by atoms with Gasteiger partial charge < -0.3 is 15.4 Å². The predicted molar refractivity (Wildman–Crippen MR) is 145 cm³/mol. The van der Waals surface area contributed by atoms with E-state index in [0.29, 0.717) is 23.4 Å². The summed E-state index contributed by atoms with van der Waals surface area (Å²) >= 11 is 0. The third-order valence-corrected chi connectivity index (χ3v) is 6.20. The highest BCUT2D eigenvalue weighted by Crippen LogP contribution is 2.40. The van der Waals surface area contributed by atoms with Gasteiger partial charge in [0, 0.05) is 16.9 Å². The second kappa shape index (κ2) is 9.92. The number of carbonyl (C=O) groups excluding carboxylic acids is 2. The molecule has 0 fully saturated rings. The predicted octanol–water partition coefficient (Wildman–Crippen LogP) is 6.77. The molecule has 0 saturated heterocycles. The van der Waals surface area contributed by atoms with Crippen molar-refractivity contribution in [3.05, 3.63) is 119 Å². The Balaban J connectivity index is 1.57. The van der Waals surface area contributed by atoms with Gasteiger partial charge in [0.05, 0.1) is 23.4 Å². The van der Waals surface area contributed by atoms with Crippen LogP contribution in [0.2, 0.25) is 0 Å². The van der Waals surface area contributed by atoms with Gasteiger partial charge in [0.2, 0.25) is 0 Å². The van der Waals surface area contributed by atoms with Gasteiger partial charge in [-0.25, -0.2) is 4.79 Å². The molecule has 0 aromatic heterocycles. The Hall–Kier alpha value is -4.64. The number of amides is 1. The summed E-state index contributed by atoms with van der Waals surface area (Å²) in [6, 6.07) is 31.1. The minimum atomic E-state index is -0.362. The molecule has 1 aliphatic heterocycles. The molecule has 1 aliphatic rings. The molecular weight excluding hydrogens is 448 g/mol. The van der Waals surface area contributed by atoms with Gasteiger partial charge in [-0.05, 0) is 66.4 Å². The molecule has 0 atom stereocenters. The SMILES string of the molecule is CCOC(=O)c1ccc(NC(=C2C(=O)Nc3cc(-c4ccccc4C)ccc32)c2ccccc2)cc1. The van der Waals surface area contributed by atoms with Crippen LogP contribution < -0.4 is 10.6 Å². The molecule has 5 rings (SSSR count). The first-order chi connectivity index (χ1) is 17.5. The Morgan fingerprint density at radius 1 is 0.833 bits per heavy atom. The molecule has 36 heavy (non-hydrogen) atoms. The van der Waals surface area contributed by atoms with Crippen LogP contribution in [0.4, 0.5) is 11.4 Å². The topological polar surface area (TPSA) is 67.4 Å². The lowest BCUT2D eigenvalue weighted by molar-refractivity contribution is -0.110. The lowest BCUT2D eigenvalue weighted by Gasteiger charge is -2.15. The number of esters is 1. The van der Waals surface area contributed by atoms with E-state index in [1.807, 2.05) is 66.7 Å². The van der Waals surface area contributed by atoms with Crippen LogP contribution in [0.5, 0.6) is 0 Å². The zero-order valence-corrected chi connectivity index (χ0v) is 20.2. The molecule has 5 heteroatoms. The number of nitrogens with one attached hydrogen (secondary N) is 2. The largest absolute Gasteiger partial charge is 0.462 e. The standard InChI is InChI=1S/C31H26N2O3/c1-3-36-31(35)22-13-16-24(17-14-22)32-29(21-10-5-4-6-11-21)28-26-18-15-23(19-27(26)33-30(28)34)25-12-8-7-9-20(25)2/h4-19,32H,3H2,1-2H3,(H,33,34). The molecule has 1 amide bonds. The van der Waals surface area contributed by atoms with Crippen molar-refractivity contribution in [2.75, 3.05) is 17.2 Å². The van der Waals surface area contributed by atoms with E-state index < -0.39 is 0 Å². The lowest BCUT2D eigenvalue weighted by atomic mass is 9.95. The number of anilines is 2. The summed E-state index contributed by atoms with van der Waals surface area (Å²) in [7, 11) is 0. The van der Waals surface area contributed by atoms with E-state index in [9.17, 15) is 9.59 Å². The smallest absolute Gasteiger partial charge is 0.338 e. The van der Waals surface area contributed by atoms with E-state index in [4.69, 9.17) is 4.74 Å². The van der Waals surface area contributed by atoms with Gasteiger partial charge >= 0.3 is 5.97 Å². The molecular formula is C31H26N2O3. The first-order valence-corrected chi connectivity index (χ1v) is 11.9. The van der Waals surface area contributed by atoms with Crippen LogP contribution >= 0.6 is 0 Å². The van der Waals surface area contributed by atoms with Gasteiger partial charge in [-0.1, -0.05) is 66.7 Å². The van der Waals surface area contributed by atoms with E-state index >= 15 is 0 Å². The minimum absolute atomic E-state index is 0.165. The summed E-state index contributed by atoms with van der Waals surface area (Å²) in [5, 5.41) is 6.48. The first kappa shape index (κ1) is 23.1. The summed E-state index contributed by atoms with van der Waals surface area (Å²) in [6.45, 7) is 4.18. The van der Waals surface area contributed by atoms with Crippen molar-refractivity contribution >= 4 is 34.5 Å². The maximum absolute atomic E-state index is 13.3. The zero-order valence-electron chi connectivity index (χ0n) is 20.2.